The third kappa shape index (κ3) is 1.30. The van der Waals surface area contributed by atoms with Crippen LogP contribution in [0.3, 0.4) is 0 Å². The standard InChI is InChI=1S/C12H21NO2/c1-11(15)9-2-8-3-10(11)6-12(4-8,5-9)13-7-14/h8-10,13-15H,2-7H2,1H3. The fourth-order valence-corrected chi connectivity index (χ4v) is 4.59. The van der Waals surface area contributed by atoms with E-state index < -0.39 is 5.60 Å². The first-order valence-electron chi connectivity index (χ1n) is 6.14. The van der Waals surface area contributed by atoms with Crippen LogP contribution >= 0.6 is 0 Å². The Morgan fingerprint density at radius 1 is 1.20 bits per heavy atom. The average molecular weight is 211 g/mol. The third-order valence-electron chi connectivity index (χ3n) is 5.30. The number of nitrogens with one attached hydrogen (secondary N) is 1. The molecule has 0 radical (unpaired) electrons. The molecule has 86 valence electrons. The van der Waals surface area contributed by atoms with Crippen LogP contribution in [0.2, 0.25) is 0 Å². The Morgan fingerprint density at radius 2 is 1.80 bits per heavy atom. The molecule has 4 fully saturated rings. The van der Waals surface area contributed by atoms with E-state index in [-0.39, 0.29) is 12.3 Å². The highest BCUT2D eigenvalue weighted by Crippen LogP contribution is 2.59. The molecular formula is C12H21NO2. The van der Waals surface area contributed by atoms with Gasteiger partial charge in [0.15, 0.2) is 0 Å². The Labute approximate surface area is 90.9 Å². The molecule has 4 aliphatic carbocycles. The lowest BCUT2D eigenvalue weighted by molar-refractivity contribution is -0.177. The van der Waals surface area contributed by atoms with Gasteiger partial charge in [-0.3, -0.25) is 5.32 Å². The number of rotatable bonds is 2. The molecule has 15 heavy (non-hydrogen) atoms. The van der Waals surface area contributed by atoms with Crippen LogP contribution in [-0.2, 0) is 0 Å². The Kier molecular flexibility index (Phi) is 1.99. The van der Waals surface area contributed by atoms with Gasteiger partial charge in [-0.05, 0) is 56.8 Å². The van der Waals surface area contributed by atoms with Crippen molar-refractivity contribution in [3.8, 4) is 0 Å². The molecule has 0 aliphatic heterocycles. The van der Waals surface area contributed by atoms with Crippen molar-refractivity contribution in [1.29, 1.82) is 0 Å². The zero-order chi connectivity index (χ0) is 10.7. The van der Waals surface area contributed by atoms with Gasteiger partial charge in [-0.2, -0.15) is 0 Å². The summed E-state index contributed by atoms with van der Waals surface area (Å²) in [6, 6.07) is 0. The fourth-order valence-electron chi connectivity index (χ4n) is 4.59. The summed E-state index contributed by atoms with van der Waals surface area (Å²) in [5.41, 5.74) is -0.301. The van der Waals surface area contributed by atoms with Gasteiger partial charge in [0.1, 0.15) is 0 Å². The minimum Gasteiger partial charge on any atom is -0.390 e. The summed E-state index contributed by atoms with van der Waals surface area (Å²) in [5.74, 6) is 1.67. The number of aliphatic hydroxyl groups excluding tert-OH is 1. The molecule has 4 bridgehead atoms. The summed E-state index contributed by atoms with van der Waals surface area (Å²) in [4.78, 5) is 0. The Morgan fingerprint density at radius 3 is 2.33 bits per heavy atom. The number of hydrogen-bond acceptors (Lipinski definition) is 3. The lowest BCUT2D eigenvalue weighted by atomic mass is 9.47. The lowest BCUT2D eigenvalue weighted by Gasteiger charge is -2.62. The first kappa shape index (κ1) is 10.1. The first-order valence-corrected chi connectivity index (χ1v) is 6.14. The zero-order valence-electron chi connectivity index (χ0n) is 9.37. The van der Waals surface area contributed by atoms with Gasteiger partial charge >= 0.3 is 0 Å². The molecule has 2 atom stereocenters. The second-order valence-corrected chi connectivity index (χ2v) is 6.18. The monoisotopic (exact) mass is 211 g/mol. The van der Waals surface area contributed by atoms with Crippen molar-refractivity contribution in [3.05, 3.63) is 0 Å². The van der Waals surface area contributed by atoms with Crippen LogP contribution in [0.4, 0.5) is 0 Å². The van der Waals surface area contributed by atoms with Gasteiger partial charge in [0.05, 0.1) is 12.3 Å². The van der Waals surface area contributed by atoms with Crippen LogP contribution in [0.1, 0.15) is 39.0 Å². The van der Waals surface area contributed by atoms with E-state index in [4.69, 9.17) is 5.11 Å². The molecule has 3 heteroatoms. The summed E-state index contributed by atoms with van der Waals surface area (Å²) >= 11 is 0. The highest BCUT2D eigenvalue weighted by Gasteiger charge is 2.59. The van der Waals surface area contributed by atoms with Gasteiger partial charge in [-0.25, -0.2) is 0 Å². The fraction of sp³-hybridized carbons (Fsp3) is 1.00. The molecule has 4 rings (SSSR count). The van der Waals surface area contributed by atoms with Gasteiger partial charge in [0, 0.05) is 5.54 Å². The van der Waals surface area contributed by atoms with E-state index >= 15 is 0 Å². The molecule has 0 spiro atoms. The van der Waals surface area contributed by atoms with Crippen molar-refractivity contribution in [2.75, 3.05) is 6.73 Å². The summed E-state index contributed by atoms with van der Waals surface area (Å²) in [6.45, 7) is 2.10. The molecule has 3 N–H and O–H groups in total. The van der Waals surface area contributed by atoms with Crippen LogP contribution in [0.15, 0.2) is 0 Å². The van der Waals surface area contributed by atoms with Crippen molar-refractivity contribution in [2.24, 2.45) is 17.8 Å². The molecule has 3 nitrogen and oxygen atoms in total. The third-order valence-corrected chi connectivity index (χ3v) is 5.30. The van der Waals surface area contributed by atoms with Crippen LogP contribution in [0.25, 0.3) is 0 Å². The quantitative estimate of drug-likeness (QED) is 0.594. The molecule has 0 aromatic rings. The zero-order valence-corrected chi connectivity index (χ0v) is 9.37. The molecule has 4 saturated carbocycles. The van der Waals surface area contributed by atoms with Gasteiger partial charge in [0.2, 0.25) is 0 Å². The predicted octanol–water partition coefficient (Wildman–Crippen LogP) is 0.855. The smallest absolute Gasteiger partial charge is 0.0935 e. The van der Waals surface area contributed by atoms with E-state index in [0.717, 1.165) is 18.8 Å². The molecule has 0 aromatic heterocycles. The summed E-state index contributed by atoms with van der Waals surface area (Å²) in [5, 5.41) is 22.8. The Hall–Kier alpha value is -0.120. The van der Waals surface area contributed by atoms with Crippen molar-refractivity contribution in [2.45, 2.75) is 50.2 Å². The average Bonchev–Trinajstić information content (AvgIpc) is 2.13. The largest absolute Gasteiger partial charge is 0.390 e. The van der Waals surface area contributed by atoms with Crippen molar-refractivity contribution < 1.29 is 10.2 Å². The van der Waals surface area contributed by atoms with Crippen LogP contribution < -0.4 is 5.32 Å². The maximum absolute atomic E-state index is 10.5. The molecule has 0 aromatic carbocycles. The van der Waals surface area contributed by atoms with Crippen LogP contribution in [-0.4, -0.2) is 28.1 Å². The van der Waals surface area contributed by atoms with Crippen LogP contribution in [0.5, 0.6) is 0 Å². The van der Waals surface area contributed by atoms with E-state index in [2.05, 4.69) is 5.32 Å². The molecule has 0 saturated heterocycles. The van der Waals surface area contributed by atoms with E-state index in [9.17, 15) is 5.11 Å². The lowest BCUT2D eigenvalue weighted by Crippen LogP contribution is -2.66. The van der Waals surface area contributed by atoms with Gasteiger partial charge in [-0.15, -0.1) is 0 Å². The predicted molar refractivity (Wildman–Crippen MR) is 57.1 cm³/mol. The van der Waals surface area contributed by atoms with E-state index in [1.807, 2.05) is 6.92 Å². The molecule has 0 heterocycles. The van der Waals surface area contributed by atoms with Crippen molar-refractivity contribution in [3.63, 3.8) is 0 Å². The van der Waals surface area contributed by atoms with Gasteiger partial charge in [-0.1, -0.05) is 0 Å². The van der Waals surface area contributed by atoms with E-state index in [1.54, 1.807) is 0 Å². The molecule has 2 unspecified atom stereocenters. The number of hydrogen-bond donors (Lipinski definition) is 3. The summed E-state index contributed by atoms with van der Waals surface area (Å²) in [6.07, 6.45) is 5.69. The second-order valence-electron chi connectivity index (χ2n) is 6.18. The van der Waals surface area contributed by atoms with Gasteiger partial charge in [0.25, 0.3) is 0 Å². The highest BCUT2D eigenvalue weighted by molar-refractivity contribution is 5.13. The first-order chi connectivity index (χ1) is 7.06. The Balaban J connectivity index is 1.89. The maximum atomic E-state index is 10.5. The van der Waals surface area contributed by atoms with Crippen molar-refractivity contribution in [1.82, 2.24) is 5.32 Å². The van der Waals surface area contributed by atoms with Crippen LogP contribution in [0, 0.1) is 17.8 Å². The minimum atomic E-state index is -0.447. The van der Waals surface area contributed by atoms with E-state index in [1.165, 1.54) is 19.3 Å². The maximum Gasteiger partial charge on any atom is 0.0935 e. The van der Waals surface area contributed by atoms with E-state index in [0.29, 0.717) is 11.8 Å². The normalized spacial score (nSPS) is 57.4. The van der Waals surface area contributed by atoms with Gasteiger partial charge < -0.3 is 10.2 Å². The topological polar surface area (TPSA) is 52.5 Å². The summed E-state index contributed by atoms with van der Waals surface area (Å²) in [7, 11) is 0. The minimum absolute atomic E-state index is 0.0777. The molecular weight excluding hydrogens is 190 g/mol. The SMILES string of the molecule is CC1(O)C2CC3CC1CC(NCO)(C3)C2. The highest BCUT2D eigenvalue weighted by atomic mass is 16.3. The Bertz CT molecular complexity index is 259. The molecule has 4 aliphatic rings. The second kappa shape index (κ2) is 2.96. The van der Waals surface area contributed by atoms with Crippen molar-refractivity contribution >= 4 is 0 Å². The molecule has 0 amide bonds. The number of aliphatic hydroxyl groups is 2. The summed E-state index contributed by atoms with van der Waals surface area (Å²) < 4.78 is 0.